The normalized spacial score (nSPS) is 17.5. The van der Waals surface area contributed by atoms with Crippen molar-refractivity contribution < 1.29 is 9.53 Å². The van der Waals surface area contributed by atoms with Crippen molar-refractivity contribution in [3.63, 3.8) is 0 Å². The van der Waals surface area contributed by atoms with E-state index in [1.54, 1.807) is 11.3 Å². The van der Waals surface area contributed by atoms with Crippen molar-refractivity contribution in [2.24, 2.45) is 5.41 Å². The van der Waals surface area contributed by atoms with Gasteiger partial charge in [0.1, 0.15) is 0 Å². The van der Waals surface area contributed by atoms with E-state index in [0.717, 1.165) is 23.1 Å². The van der Waals surface area contributed by atoms with Gasteiger partial charge in [0.25, 0.3) is 0 Å². The summed E-state index contributed by atoms with van der Waals surface area (Å²) >= 11 is 1.60. The molecular weight excluding hydrogens is 272 g/mol. The van der Waals surface area contributed by atoms with Gasteiger partial charge in [0.15, 0.2) is 10.8 Å². The third-order valence-corrected chi connectivity index (χ3v) is 5.49. The van der Waals surface area contributed by atoms with Crippen molar-refractivity contribution in [2.45, 2.75) is 47.0 Å². The molecule has 0 bridgehead atoms. The summed E-state index contributed by atoms with van der Waals surface area (Å²) in [6.45, 7) is 10.8. The number of carbonyl (C=O) groups is 1. The van der Waals surface area contributed by atoms with E-state index >= 15 is 0 Å². The van der Waals surface area contributed by atoms with Gasteiger partial charge in [-0.05, 0) is 38.5 Å². The van der Waals surface area contributed by atoms with Gasteiger partial charge in [-0.1, -0.05) is 13.8 Å². The number of hydrogen-bond donors (Lipinski definition) is 0. The number of nitrogens with zero attached hydrogens (tertiary/aromatic N) is 2. The average molecular weight is 296 g/mol. The minimum Gasteiger partial charge on any atom is -0.461 e. The Bertz CT molecular complexity index is 480. The van der Waals surface area contributed by atoms with E-state index in [1.807, 2.05) is 13.8 Å². The van der Waals surface area contributed by atoms with Crippen molar-refractivity contribution in [2.75, 3.05) is 24.6 Å². The molecular formula is C15H24N2O2S. The van der Waals surface area contributed by atoms with Crippen LogP contribution in [0.5, 0.6) is 0 Å². The SMILES string of the molecule is CCOC(=O)c1nc(N2CCC(CC)(CC)C2)sc1C. The Kier molecular flexibility index (Phi) is 4.68. The molecule has 0 radical (unpaired) electrons. The Labute approximate surface area is 125 Å². The number of aromatic nitrogens is 1. The lowest BCUT2D eigenvalue weighted by Gasteiger charge is -2.26. The highest BCUT2D eigenvalue weighted by Gasteiger charge is 2.36. The van der Waals surface area contributed by atoms with Gasteiger partial charge in [-0.25, -0.2) is 9.78 Å². The summed E-state index contributed by atoms with van der Waals surface area (Å²) < 4.78 is 5.05. The molecule has 2 heterocycles. The lowest BCUT2D eigenvalue weighted by atomic mass is 9.82. The van der Waals surface area contributed by atoms with Gasteiger partial charge >= 0.3 is 5.97 Å². The van der Waals surface area contributed by atoms with E-state index in [1.165, 1.54) is 19.3 Å². The first-order valence-corrected chi connectivity index (χ1v) is 8.26. The molecule has 0 spiro atoms. The third kappa shape index (κ3) is 2.82. The molecule has 1 aromatic heterocycles. The largest absolute Gasteiger partial charge is 0.461 e. The van der Waals surface area contributed by atoms with Crippen molar-refractivity contribution in [1.82, 2.24) is 4.98 Å². The summed E-state index contributed by atoms with van der Waals surface area (Å²) in [5.41, 5.74) is 0.904. The van der Waals surface area contributed by atoms with Crippen molar-refractivity contribution in [1.29, 1.82) is 0 Å². The fourth-order valence-corrected chi connectivity index (χ4v) is 3.75. The number of anilines is 1. The van der Waals surface area contributed by atoms with Crippen LogP contribution in [0, 0.1) is 12.3 Å². The first kappa shape index (κ1) is 15.3. The predicted octanol–water partition coefficient (Wildman–Crippen LogP) is 3.64. The number of esters is 1. The maximum Gasteiger partial charge on any atom is 0.358 e. The van der Waals surface area contributed by atoms with Gasteiger partial charge < -0.3 is 9.64 Å². The smallest absolute Gasteiger partial charge is 0.358 e. The Balaban J connectivity index is 2.15. The van der Waals surface area contributed by atoms with Crippen LogP contribution in [0.25, 0.3) is 0 Å². The number of thiazole rings is 1. The standard InChI is InChI=1S/C15H24N2O2S/c1-5-15(6-2)8-9-17(10-15)14-16-12(11(4)20-14)13(18)19-7-3/h5-10H2,1-4H3. The molecule has 5 heteroatoms. The van der Waals surface area contributed by atoms with Crippen LogP contribution in [0.1, 0.15) is 55.4 Å². The van der Waals surface area contributed by atoms with E-state index in [9.17, 15) is 4.79 Å². The Hall–Kier alpha value is -1.10. The molecule has 20 heavy (non-hydrogen) atoms. The molecule has 0 amide bonds. The maximum atomic E-state index is 11.8. The monoisotopic (exact) mass is 296 g/mol. The number of hydrogen-bond acceptors (Lipinski definition) is 5. The van der Waals surface area contributed by atoms with Gasteiger partial charge in [0.05, 0.1) is 6.61 Å². The first-order chi connectivity index (χ1) is 9.55. The molecule has 0 aromatic carbocycles. The second kappa shape index (κ2) is 6.12. The maximum absolute atomic E-state index is 11.8. The van der Waals surface area contributed by atoms with Gasteiger partial charge in [0.2, 0.25) is 0 Å². The number of carbonyl (C=O) groups excluding carboxylic acids is 1. The zero-order chi connectivity index (χ0) is 14.8. The quantitative estimate of drug-likeness (QED) is 0.778. The van der Waals surface area contributed by atoms with Crippen LogP contribution < -0.4 is 4.90 Å². The average Bonchev–Trinajstić information content (AvgIpc) is 3.03. The van der Waals surface area contributed by atoms with Crippen LogP contribution in [0.15, 0.2) is 0 Å². The zero-order valence-electron chi connectivity index (χ0n) is 12.9. The third-order valence-electron chi connectivity index (χ3n) is 4.46. The Morgan fingerprint density at radius 1 is 1.40 bits per heavy atom. The summed E-state index contributed by atoms with van der Waals surface area (Å²) in [5, 5.41) is 0.967. The molecule has 1 saturated heterocycles. The fourth-order valence-electron chi connectivity index (χ4n) is 2.83. The highest BCUT2D eigenvalue weighted by atomic mass is 32.1. The van der Waals surface area contributed by atoms with Crippen LogP contribution in [0.4, 0.5) is 5.13 Å². The van der Waals surface area contributed by atoms with Gasteiger partial charge in [-0.15, -0.1) is 11.3 Å². The van der Waals surface area contributed by atoms with Crippen LogP contribution >= 0.6 is 11.3 Å². The van der Waals surface area contributed by atoms with E-state index < -0.39 is 0 Å². The molecule has 0 N–H and O–H groups in total. The molecule has 0 unspecified atom stereocenters. The molecule has 1 aromatic rings. The minimum atomic E-state index is -0.302. The number of rotatable bonds is 5. The fraction of sp³-hybridized carbons (Fsp3) is 0.733. The Morgan fingerprint density at radius 2 is 2.10 bits per heavy atom. The summed E-state index contributed by atoms with van der Waals surface area (Å²) in [7, 11) is 0. The van der Waals surface area contributed by atoms with Crippen LogP contribution in [0.2, 0.25) is 0 Å². The van der Waals surface area contributed by atoms with E-state index in [4.69, 9.17) is 4.74 Å². The summed E-state index contributed by atoms with van der Waals surface area (Å²) in [4.78, 5) is 19.6. The molecule has 112 valence electrons. The highest BCUT2D eigenvalue weighted by molar-refractivity contribution is 7.15. The van der Waals surface area contributed by atoms with Crippen molar-refractivity contribution >= 4 is 22.4 Å². The van der Waals surface area contributed by atoms with Crippen LogP contribution in [-0.4, -0.2) is 30.6 Å². The molecule has 4 nitrogen and oxygen atoms in total. The van der Waals surface area contributed by atoms with Crippen molar-refractivity contribution in [3.8, 4) is 0 Å². The van der Waals surface area contributed by atoms with Gasteiger partial charge in [-0.2, -0.15) is 0 Å². The lowest BCUT2D eigenvalue weighted by Crippen LogP contribution is -2.26. The lowest BCUT2D eigenvalue weighted by molar-refractivity contribution is 0.0519. The van der Waals surface area contributed by atoms with Crippen molar-refractivity contribution in [3.05, 3.63) is 10.6 Å². The molecule has 2 rings (SSSR count). The number of ether oxygens (including phenoxy) is 1. The molecule has 1 aliphatic heterocycles. The Morgan fingerprint density at radius 3 is 2.65 bits per heavy atom. The van der Waals surface area contributed by atoms with Gasteiger partial charge in [0, 0.05) is 18.0 Å². The second-order valence-electron chi connectivity index (χ2n) is 5.50. The number of aryl methyl sites for hydroxylation is 1. The summed E-state index contributed by atoms with van der Waals surface area (Å²) in [5.74, 6) is -0.302. The zero-order valence-corrected chi connectivity index (χ0v) is 13.7. The van der Waals surface area contributed by atoms with Crippen LogP contribution in [-0.2, 0) is 4.74 Å². The molecule has 1 fully saturated rings. The molecule has 0 saturated carbocycles. The minimum absolute atomic E-state index is 0.302. The predicted molar refractivity (Wildman–Crippen MR) is 82.7 cm³/mol. The highest BCUT2D eigenvalue weighted by Crippen LogP contribution is 2.40. The second-order valence-corrected chi connectivity index (χ2v) is 6.68. The summed E-state index contributed by atoms with van der Waals surface area (Å²) in [6.07, 6.45) is 3.62. The summed E-state index contributed by atoms with van der Waals surface area (Å²) in [6, 6.07) is 0. The van der Waals surface area contributed by atoms with Gasteiger partial charge in [-0.3, -0.25) is 0 Å². The van der Waals surface area contributed by atoms with Crippen LogP contribution in [0.3, 0.4) is 0 Å². The molecule has 1 aliphatic rings. The molecule has 0 aliphatic carbocycles. The van der Waals surface area contributed by atoms with E-state index in [0.29, 0.717) is 17.7 Å². The topological polar surface area (TPSA) is 42.4 Å². The van der Waals surface area contributed by atoms with E-state index in [2.05, 4.69) is 23.7 Å². The van der Waals surface area contributed by atoms with E-state index in [-0.39, 0.29) is 5.97 Å². The molecule has 0 atom stereocenters. The first-order valence-electron chi connectivity index (χ1n) is 7.44.